The number of amides is 2. The number of benzene rings is 2. The summed E-state index contributed by atoms with van der Waals surface area (Å²) in [4.78, 5) is 29.3. The van der Waals surface area contributed by atoms with E-state index in [0.717, 1.165) is 16.6 Å². The van der Waals surface area contributed by atoms with E-state index >= 15 is 0 Å². The molecule has 2 atom stereocenters. The van der Waals surface area contributed by atoms with Crippen LogP contribution in [0.4, 0.5) is 0 Å². The molecule has 0 spiro atoms. The van der Waals surface area contributed by atoms with E-state index in [9.17, 15) is 9.59 Å². The van der Waals surface area contributed by atoms with Crippen LogP contribution in [0.2, 0.25) is 0 Å². The van der Waals surface area contributed by atoms with Gasteiger partial charge in [-0.1, -0.05) is 28.1 Å². The highest BCUT2D eigenvalue weighted by molar-refractivity contribution is 9.10. The van der Waals surface area contributed by atoms with Crippen molar-refractivity contribution in [3.63, 3.8) is 0 Å². The van der Waals surface area contributed by atoms with Gasteiger partial charge in [-0.05, 0) is 54.3 Å². The quantitative estimate of drug-likeness (QED) is 0.727. The van der Waals surface area contributed by atoms with E-state index in [-0.39, 0.29) is 17.7 Å². The van der Waals surface area contributed by atoms with Crippen LogP contribution in [0.5, 0.6) is 5.75 Å². The number of ether oxygens (including phenoxy) is 1. The van der Waals surface area contributed by atoms with Crippen LogP contribution in [-0.4, -0.2) is 54.9 Å². The third-order valence-electron chi connectivity index (χ3n) is 5.60. The lowest BCUT2D eigenvalue weighted by atomic mass is 10.1. The van der Waals surface area contributed by atoms with Gasteiger partial charge in [-0.15, -0.1) is 0 Å². The highest BCUT2D eigenvalue weighted by Gasteiger charge is 2.46. The van der Waals surface area contributed by atoms with Crippen LogP contribution in [0.1, 0.15) is 28.3 Å². The van der Waals surface area contributed by atoms with Crippen molar-refractivity contribution >= 4 is 27.7 Å². The number of halogens is 1. The maximum absolute atomic E-state index is 12.8. The van der Waals surface area contributed by atoms with Crippen molar-refractivity contribution in [3.8, 4) is 5.75 Å². The predicted octanol–water partition coefficient (Wildman–Crippen LogP) is 3.55. The van der Waals surface area contributed by atoms with Gasteiger partial charge in [-0.3, -0.25) is 9.59 Å². The Morgan fingerprint density at radius 1 is 1.00 bits per heavy atom. The summed E-state index contributed by atoms with van der Waals surface area (Å²) in [5.41, 5.74) is 1.87. The average molecular weight is 443 g/mol. The zero-order valence-corrected chi connectivity index (χ0v) is 17.4. The minimum Gasteiger partial charge on any atom is -0.497 e. The number of piperazine rings is 1. The molecule has 2 amide bonds. The first-order chi connectivity index (χ1) is 13.6. The molecule has 6 heteroatoms. The van der Waals surface area contributed by atoms with Gasteiger partial charge in [0.1, 0.15) is 5.75 Å². The molecule has 4 rings (SSSR count). The molecule has 0 bridgehead atoms. The molecule has 1 heterocycles. The fourth-order valence-electron chi connectivity index (χ4n) is 3.85. The van der Waals surface area contributed by atoms with Gasteiger partial charge in [-0.2, -0.15) is 0 Å². The summed E-state index contributed by atoms with van der Waals surface area (Å²) in [5.74, 6) is 1.37. The highest BCUT2D eigenvalue weighted by Crippen LogP contribution is 2.48. The highest BCUT2D eigenvalue weighted by atomic mass is 79.9. The maximum atomic E-state index is 12.8. The minimum absolute atomic E-state index is 0.00758. The van der Waals surface area contributed by atoms with Gasteiger partial charge < -0.3 is 14.5 Å². The number of hydrogen-bond acceptors (Lipinski definition) is 3. The van der Waals surface area contributed by atoms with Gasteiger partial charge in [0.25, 0.3) is 5.91 Å². The SMILES string of the molecule is COc1ccc(C(=O)N2CCN(C(=O)C3CC3c3cccc(Br)c3)CC2)cc1. The Labute approximate surface area is 173 Å². The Hall–Kier alpha value is -2.34. The van der Waals surface area contributed by atoms with Crippen molar-refractivity contribution in [2.75, 3.05) is 33.3 Å². The molecule has 28 heavy (non-hydrogen) atoms. The first kappa shape index (κ1) is 19.0. The summed E-state index contributed by atoms with van der Waals surface area (Å²) >= 11 is 3.50. The van der Waals surface area contributed by atoms with Crippen LogP contribution >= 0.6 is 15.9 Å². The smallest absolute Gasteiger partial charge is 0.253 e. The molecule has 2 aromatic carbocycles. The molecule has 2 aliphatic rings. The Balaban J connectivity index is 1.31. The van der Waals surface area contributed by atoms with E-state index < -0.39 is 0 Å². The van der Waals surface area contributed by atoms with E-state index in [2.05, 4.69) is 28.1 Å². The number of methoxy groups -OCH3 is 1. The van der Waals surface area contributed by atoms with E-state index in [1.165, 1.54) is 5.56 Å². The summed E-state index contributed by atoms with van der Waals surface area (Å²) in [5, 5.41) is 0. The van der Waals surface area contributed by atoms with Gasteiger partial charge in [0.2, 0.25) is 5.91 Å². The van der Waals surface area contributed by atoms with Crippen molar-refractivity contribution in [1.82, 2.24) is 9.80 Å². The number of carbonyl (C=O) groups excluding carboxylic acids is 2. The van der Waals surface area contributed by atoms with Crippen molar-refractivity contribution in [1.29, 1.82) is 0 Å². The van der Waals surface area contributed by atoms with Crippen LogP contribution in [0.25, 0.3) is 0 Å². The van der Waals surface area contributed by atoms with Crippen LogP contribution in [0, 0.1) is 5.92 Å². The first-order valence-electron chi connectivity index (χ1n) is 9.54. The van der Waals surface area contributed by atoms with Crippen LogP contribution in [0.15, 0.2) is 53.0 Å². The molecule has 0 aromatic heterocycles. The topological polar surface area (TPSA) is 49.9 Å². The van der Waals surface area contributed by atoms with Crippen LogP contribution in [-0.2, 0) is 4.79 Å². The summed E-state index contributed by atoms with van der Waals surface area (Å²) in [6.45, 7) is 2.35. The molecule has 1 aliphatic carbocycles. The fraction of sp³-hybridized carbons (Fsp3) is 0.364. The first-order valence-corrected chi connectivity index (χ1v) is 10.3. The molecule has 0 radical (unpaired) electrons. The Morgan fingerprint density at radius 3 is 2.32 bits per heavy atom. The largest absolute Gasteiger partial charge is 0.497 e. The molecule has 2 unspecified atom stereocenters. The third kappa shape index (κ3) is 3.92. The summed E-state index contributed by atoms with van der Waals surface area (Å²) in [7, 11) is 1.61. The lowest BCUT2D eigenvalue weighted by Gasteiger charge is -2.35. The average Bonchev–Trinajstić information content (AvgIpc) is 3.54. The second-order valence-electron chi connectivity index (χ2n) is 7.35. The summed E-state index contributed by atoms with van der Waals surface area (Å²) in [6.07, 6.45) is 0.917. The molecule has 5 nitrogen and oxygen atoms in total. The lowest BCUT2D eigenvalue weighted by Crippen LogP contribution is -2.51. The van der Waals surface area contributed by atoms with E-state index in [1.807, 2.05) is 21.9 Å². The molecule has 1 aliphatic heterocycles. The minimum atomic E-state index is 0.00758. The van der Waals surface area contributed by atoms with E-state index in [0.29, 0.717) is 37.7 Å². The van der Waals surface area contributed by atoms with Gasteiger partial charge in [0.05, 0.1) is 7.11 Å². The zero-order chi connectivity index (χ0) is 19.7. The second kappa shape index (κ2) is 7.95. The fourth-order valence-corrected chi connectivity index (χ4v) is 4.27. The van der Waals surface area contributed by atoms with E-state index in [4.69, 9.17) is 4.74 Å². The lowest BCUT2D eigenvalue weighted by molar-refractivity contribution is -0.134. The Morgan fingerprint density at radius 2 is 1.68 bits per heavy atom. The molecule has 1 saturated heterocycles. The van der Waals surface area contributed by atoms with Crippen molar-refractivity contribution < 1.29 is 14.3 Å². The van der Waals surface area contributed by atoms with Gasteiger partial charge in [-0.25, -0.2) is 0 Å². The standard InChI is InChI=1S/C22H23BrN2O3/c1-28-18-7-5-15(6-8-18)21(26)24-9-11-25(12-10-24)22(27)20-14-19(20)16-3-2-4-17(23)13-16/h2-8,13,19-20H,9-12,14H2,1H3. The molecule has 2 aromatic rings. The third-order valence-corrected chi connectivity index (χ3v) is 6.09. The monoisotopic (exact) mass is 442 g/mol. The second-order valence-corrected chi connectivity index (χ2v) is 8.27. The normalized spacial score (nSPS) is 21.4. The number of hydrogen-bond donors (Lipinski definition) is 0. The molecular formula is C22H23BrN2O3. The van der Waals surface area contributed by atoms with Gasteiger partial charge in [0, 0.05) is 42.1 Å². The van der Waals surface area contributed by atoms with Crippen LogP contribution in [0.3, 0.4) is 0 Å². The molecule has 0 N–H and O–H groups in total. The van der Waals surface area contributed by atoms with Crippen LogP contribution < -0.4 is 4.74 Å². The zero-order valence-electron chi connectivity index (χ0n) is 15.8. The van der Waals surface area contributed by atoms with Crippen molar-refractivity contribution in [2.24, 2.45) is 5.92 Å². The number of nitrogens with zero attached hydrogens (tertiary/aromatic N) is 2. The van der Waals surface area contributed by atoms with Crippen molar-refractivity contribution in [2.45, 2.75) is 12.3 Å². The van der Waals surface area contributed by atoms with Crippen molar-refractivity contribution in [3.05, 3.63) is 64.1 Å². The number of carbonyl (C=O) groups is 2. The Kier molecular flexibility index (Phi) is 5.40. The van der Waals surface area contributed by atoms with Gasteiger partial charge >= 0.3 is 0 Å². The molecule has 146 valence electrons. The van der Waals surface area contributed by atoms with Gasteiger partial charge in [0.15, 0.2) is 0 Å². The molecule has 2 fully saturated rings. The number of rotatable bonds is 4. The molecular weight excluding hydrogens is 420 g/mol. The Bertz CT molecular complexity index is 876. The van der Waals surface area contributed by atoms with E-state index in [1.54, 1.807) is 31.4 Å². The predicted molar refractivity (Wildman–Crippen MR) is 110 cm³/mol. The summed E-state index contributed by atoms with van der Waals surface area (Å²) in [6, 6.07) is 15.4. The maximum Gasteiger partial charge on any atom is 0.253 e. The molecule has 1 saturated carbocycles. The summed E-state index contributed by atoms with van der Waals surface area (Å²) < 4.78 is 6.19.